The summed E-state index contributed by atoms with van der Waals surface area (Å²) in [5.74, 6) is -0.0619. The maximum absolute atomic E-state index is 11.9. The number of benzene rings is 1. The van der Waals surface area contributed by atoms with Crippen molar-refractivity contribution in [2.45, 2.75) is 25.9 Å². The third-order valence-corrected chi connectivity index (χ3v) is 3.15. The predicted molar refractivity (Wildman–Crippen MR) is 82.9 cm³/mol. The van der Waals surface area contributed by atoms with Gasteiger partial charge in [-0.05, 0) is 30.2 Å². The molecule has 0 fully saturated rings. The van der Waals surface area contributed by atoms with E-state index in [0.717, 1.165) is 11.3 Å². The van der Waals surface area contributed by atoms with Crippen LogP contribution in [0.4, 0.5) is 5.69 Å². The molecule has 0 unspecified atom stereocenters. The van der Waals surface area contributed by atoms with Crippen molar-refractivity contribution in [1.29, 1.82) is 0 Å². The predicted octanol–water partition coefficient (Wildman–Crippen LogP) is 1.73. The zero-order valence-corrected chi connectivity index (χ0v) is 11.8. The highest BCUT2D eigenvalue weighted by Gasteiger charge is 2.03. The highest BCUT2D eigenvalue weighted by atomic mass is 16.1. The molecule has 0 aliphatic rings. The van der Waals surface area contributed by atoms with Crippen molar-refractivity contribution >= 4 is 11.6 Å². The summed E-state index contributed by atoms with van der Waals surface area (Å²) in [5, 5.41) is 2.84. The fraction of sp³-hybridized carbons (Fsp3) is 0.250. The lowest BCUT2D eigenvalue weighted by Crippen LogP contribution is -2.19. The van der Waals surface area contributed by atoms with Gasteiger partial charge < -0.3 is 15.6 Å². The summed E-state index contributed by atoms with van der Waals surface area (Å²) in [5.41, 5.74) is 7.24. The van der Waals surface area contributed by atoms with Gasteiger partial charge in [-0.1, -0.05) is 18.2 Å². The van der Waals surface area contributed by atoms with Gasteiger partial charge in [0.25, 0.3) is 0 Å². The third-order valence-electron chi connectivity index (χ3n) is 3.15. The van der Waals surface area contributed by atoms with E-state index in [1.807, 2.05) is 24.3 Å². The molecular weight excluding hydrogens is 266 g/mol. The van der Waals surface area contributed by atoms with E-state index < -0.39 is 0 Å². The Morgan fingerprint density at radius 2 is 2.05 bits per heavy atom. The second kappa shape index (κ2) is 7.40. The lowest BCUT2D eigenvalue weighted by Gasteiger charge is -2.07. The standard InChI is InChI=1S/C16H19N3O2/c17-12-13-5-3-6-14(11-13)18-15(20)7-4-10-19-9-2-1-8-16(19)21/h1-3,5-6,8-9,11H,4,7,10,12,17H2,(H,18,20). The zero-order chi connectivity index (χ0) is 15.1. The van der Waals surface area contributed by atoms with Gasteiger partial charge in [-0.2, -0.15) is 0 Å². The van der Waals surface area contributed by atoms with Crippen LogP contribution < -0.4 is 16.6 Å². The number of aryl methyl sites for hydroxylation is 1. The minimum Gasteiger partial charge on any atom is -0.326 e. The lowest BCUT2D eigenvalue weighted by molar-refractivity contribution is -0.116. The molecule has 21 heavy (non-hydrogen) atoms. The molecule has 1 aromatic carbocycles. The number of anilines is 1. The fourth-order valence-electron chi connectivity index (χ4n) is 2.05. The maximum atomic E-state index is 11.9. The van der Waals surface area contributed by atoms with Crippen LogP contribution in [0.3, 0.4) is 0 Å². The van der Waals surface area contributed by atoms with Gasteiger partial charge in [-0.3, -0.25) is 9.59 Å². The number of aromatic nitrogens is 1. The average molecular weight is 285 g/mol. The summed E-state index contributed by atoms with van der Waals surface area (Å²) < 4.78 is 1.60. The monoisotopic (exact) mass is 285 g/mol. The van der Waals surface area contributed by atoms with Crippen LogP contribution in [-0.2, 0) is 17.9 Å². The van der Waals surface area contributed by atoms with Crippen LogP contribution in [0, 0.1) is 0 Å². The number of rotatable bonds is 6. The van der Waals surface area contributed by atoms with Gasteiger partial charge in [0, 0.05) is 37.5 Å². The Kier molecular flexibility index (Phi) is 5.29. The van der Waals surface area contributed by atoms with Crippen molar-refractivity contribution in [3.63, 3.8) is 0 Å². The van der Waals surface area contributed by atoms with Gasteiger partial charge in [0.15, 0.2) is 0 Å². The number of amides is 1. The summed E-state index contributed by atoms with van der Waals surface area (Å²) in [4.78, 5) is 23.4. The number of hydrogen-bond donors (Lipinski definition) is 2. The molecule has 1 amide bonds. The fourth-order valence-corrected chi connectivity index (χ4v) is 2.05. The number of nitrogens with one attached hydrogen (secondary N) is 1. The Morgan fingerprint density at radius 1 is 1.19 bits per heavy atom. The van der Waals surface area contributed by atoms with Crippen LogP contribution in [-0.4, -0.2) is 10.5 Å². The van der Waals surface area contributed by atoms with Gasteiger partial charge in [-0.25, -0.2) is 0 Å². The van der Waals surface area contributed by atoms with E-state index in [9.17, 15) is 9.59 Å². The number of hydrogen-bond acceptors (Lipinski definition) is 3. The van der Waals surface area contributed by atoms with E-state index in [0.29, 0.717) is 25.9 Å². The van der Waals surface area contributed by atoms with Crippen molar-refractivity contribution in [3.05, 3.63) is 64.6 Å². The molecule has 0 spiro atoms. The van der Waals surface area contributed by atoms with Crippen LogP contribution >= 0.6 is 0 Å². The van der Waals surface area contributed by atoms with E-state index in [1.165, 1.54) is 6.07 Å². The molecule has 5 heteroatoms. The Bertz CT molecular complexity index is 664. The molecule has 0 radical (unpaired) electrons. The van der Waals surface area contributed by atoms with Crippen molar-refractivity contribution < 1.29 is 4.79 Å². The molecule has 0 saturated heterocycles. The number of carbonyl (C=O) groups is 1. The van der Waals surface area contributed by atoms with Gasteiger partial charge in [0.05, 0.1) is 0 Å². The minimum atomic E-state index is -0.0619. The van der Waals surface area contributed by atoms with Crippen LogP contribution in [0.5, 0.6) is 0 Å². The highest BCUT2D eigenvalue weighted by Crippen LogP contribution is 2.10. The number of nitrogens with zero attached hydrogens (tertiary/aromatic N) is 1. The van der Waals surface area contributed by atoms with E-state index in [4.69, 9.17) is 5.73 Å². The van der Waals surface area contributed by atoms with Crippen LogP contribution in [0.2, 0.25) is 0 Å². The van der Waals surface area contributed by atoms with Crippen molar-refractivity contribution in [2.24, 2.45) is 5.73 Å². The second-order valence-electron chi connectivity index (χ2n) is 4.79. The molecule has 1 heterocycles. The molecule has 0 aliphatic heterocycles. The van der Waals surface area contributed by atoms with E-state index >= 15 is 0 Å². The normalized spacial score (nSPS) is 10.3. The molecule has 2 aromatic rings. The highest BCUT2D eigenvalue weighted by molar-refractivity contribution is 5.90. The molecule has 0 atom stereocenters. The van der Waals surface area contributed by atoms with Gasteiger partial charge >= 0.3 is 0 Å². The van der Waals surface area contributed by atoms with E-state index in [1.54, 1.807) is 22.9 Å². The van der Waals surface area contributed by atoms with Crippen LogP contribution in [0.15, 0.2) is 53.5 Å². The van der Waals surface area contributed by atoms with E-state index in [-0.39, 0.29) is 11.5 Å². The smallest absolute Gasteiger partial charge is 0.250 e. The summed E-state index contributed by atoms with van der Waals surface area (Å²) in [6.07, 6.45) is 2.71. The molecule has 2 rings (SSSR count). The van der Waals surface area contributed by atoms with E-state index in [2.05, 4.69) is 5.32 Å². The average Bonchev–Trinajstić information content (AvgIpc) is 2.49. The van der Waals surface area contributed by atoms with Crippen LogP contribution in [0.1, 0.15) is 18.4 Å². The van der Waals surface area contributed by atoms with Gasteiger partial charge in [-0.15, -0.1) is 0 Å². The van der Waals surface area contributed by atoms with Crippen LogP contribution in [0.25, 0.3) is 0 Å². The topological polar surface area (TPSA) is 77.1 Å². The molecular formula is C16H19N3O2. The SMILES string of the molecule is NCc1cccc(NC(=O)CCCn2ccccc2=O)c1. The summed E-state index contributed by atoms with van der Waals surface area (Å²) in [6, 6.07) is 12.5. The molecule has 3 N–H and O–H groups in total. The van der Waals surface area contributed by atoms with Crippen molar-refractivity contribution in [2.75, 3.05) is 5.32 Å². The summed E-state index contributed by atoms with van der Waals surface area (Å²) in [6.45, 7) is 0.983. The maximum Gasteiger partial charge on any atom is 0.250 e. The largest absolute Gasteiger partial charge is 0.326 e. The second-order valence-corrected chi connectivity index (χ2v) is 4.79. The zero-order valence-electron chi connectivity index (χ0n) is 11.8. The molecule has 5 nitrogen and oxygen atoms in total. The molecule has 0 bridgehead atoms. The Balaban J connectivity index is 1.82. The molecule has 0 saturated carbocycles. The molecule has 1 aromatic heterocycles. The molecule has 0 aliphatic carbocycles. The lowest BCUT2D eigenvalue weighted by atomic mass is 10.2. The Morgan fingerprint density at radius 3 is 2.81 bits per heavy atom. The van der Waals surface area contributed by atoms with Crippen molar-refractivity contribution in [1.82, 2.24) is 4.57 Å². The number of carbonyl (C=O) groups excluding carboxylic acids is 1. The summed E-state index contributed by atoms with van der Waals surface area (Å²) in [7, 11) is 0. The first-order valence-corrected chi connectivity index (χ1v) is 6.93. The Hall–Kier alpha value is -2.40. The van der Waals surface area contributed by atoms with Gasteiger partial charge in [0.1, 0.15) is 0 Å². The Labute approximate surface area is 123 Å². The summed E-state index contributed by atoms with van der Waals surface area (Å²) >= 11 is 0. The number of nitrogens with two attached hydrogens (primary N) is 1. The molecule has 110 valence electrons. The first kappa shape index (κ1) is 15.0. The quantitative estimate of drug-likeness (QED) is 0.848. The first-order valence-electron chi connectivity index (χ1n) is 6.93. The van der Waals surface area contributed by atoms with Crippen molar-refractivity contribution in [3.8, 4) is 0 Å². The number of pyridine rings is 1. The third kappa shape index (κ3) is 4.57. The minimum absolute atomic E-state index is 0.0476. The first-order chi connectivity index (χ1) is 10.2. The van der Waals surface area contributed by atoms with Gasteiger partial charge in [0.2, 0.25) is 11.5 Å².